The van der Waals surface area contributed by atoms with Crippen molar-refractivity contribution in [2.75, 3.05) is 6.54 Å². The second-order valence-electron chi connectivity index (χ2n) is 5.80. The molecule has 8 heteroatoms. The van der Waals surface area contributed by atoms with Crippen LogP contribution in [0.1, 0.15) is 22.5 Å². The largest absolute Gasteiger partial charge is 0.459 e. The van der Waals surface area contributed by atoms with Crippen LogP contribution in [0.2, 0.25) is 0 Å². The Labute approximate surface area is 164 Å². The first-order valence-corrected chi connectivity index (χ1v) is 9.29. The molecule has 0 saturated heterocycles. The van der Waals surface area contributed by atoms with Gasteiger partial charge in [0.05, 0.1) is 17.7 Å². The third-order valence-electron chi connectivity index (χ3n) is 3.74. The Morgan fingerprint density at radius 3 is 2.64 bits per heavy atom. The average molecular weight is 402 g/mol. The van der Waals surface area contributed by atoms with Crippen molar-refractivity contribution < 1.29 is 23.1 Å². The van der Waals surface area contributed by atoms with Crippen molar-refractivity contribution in [3.8, 4) is 10.6 Å². The molecular weight excluding hydrogens is 386 g/mol. The van der Waals surface area contributed by atoms with Crippen molar-refractivity contribution in [2.45, 2.75) is 13.0 Å². The molecule has 2 aromatic carbocycles. The van der Waals surface area contributed by atoms with E-state index in [0.717, 1.165) is 22.7 Å². The van der Waals surface area contributed by atoms with Crippen molar-refractivity contribution in [3.05, 3.63) is 76.8 Å². The summed E-state index contributed by atoms with van der Waals surface area (Å²) in [4.78, 5) is 28.1. The molecule has 28 heavy (non-hydrogen) atoms. The predicted molar refractivity (Wildman–Crippen MR) is 101 cm³/mol. The van der Waals surface area contributed by atoms with Gasteiger partial charge in [0.2, 0.25) is 0 Å². The third kappa shape index (κ3) is 5.20. The lowest BCUT2D eigenvalue weighted by molar-refractivity contribution is -0.144. The molecule has 0 radical (unpaired) electrons. The van der Waals surface area contributed by atoms with Gasteiger partial charge in [-0.15, -0.1) is 11.3 Å². The number of carbonyl (C=O) groups excluding carboxylic acids is 2. The molecule has 1 aromatic heterocycles. The smallest absolute Gasteiger partial charge is 0.307 e. The molecule has 0 unspecified atom stereocenters. The second-order valence-corrected chi connectivity index (χ2v) is 6.66. The molecule has 0 atom stereocenters. The summed E-state index contributed by atoms with van der Waals surface area (Å²) in [5.74, 6) is -2.97. The number of ether oxygens (including phenoxy) is 1. The monoisotopic (exact) mass is 402 g/mol. The molecule has 1 heterocycles. The van der Waals surface area contributed by atoms with E-state index in [1.807, 2.05) is 35.7 Å². The molecule has 0 aliphatic heterocycles. The summed E-state index contributed by atoms with van der Waals surface area (Å²) in [6.45, 7) is 0.00349. The standard InChI is InChI=1S/C20H16F2N2O3S/c21-14-6-7-16(17(22)10-14)19(26)23-9-8-18(25)27-11-15-12-28-20(24-15)13-4-2-1-3-5-13/h1-7,10,12H,8-9,11H2,(H,23,26). The van der Waals surface area contributed by atoms with Crippen LogP contribution >= 0.6 is 11.3 Å². The number of benzene rings is 2. The number of nitrogens with one attached hydrogen (secondary N) is 1. The number of hydrogen-bond donors (Lipinski definition) is 1. The van der Waals surface area contributed by atoms with Gasteiger partial charge in [-0.1, -0.05) is 30.3 Å². The fraction of sp³-hybridized carbons (Fsp3) is 0.150. The summed E-state index contributed by atoms with van der Waals surface area (Å²) in [6, 6.07) is 12.3. The number of amides is 1. The molecule has 0 bridgehead atoms. The number of thiazole rings is 1. The van der Waals surface area contributed by atoms with Crippen LogP contribution in [0.5, 0.6) is 0 Å². The van der Waals surface area contributed by atoms with E-state index in [2.05, 4.69) is 10.3 Å². The zero-order valence-corrected chi connectivity index (χ0v) is 15.5. The molecule has 0 aliphatic carbocycles. The lowest BCUT2D eigenvalue weighted by atomic mass is 10.2. The maximum Gasteiger partial charge on any atom is 0.307 e. The van der Waals surface area contributed by atoms with Crippen LogP contribution in [0.25, 0.3) is 10.6 Å². The molecule has 0 fully saturated rings. The molecule has 3 rings (SSSR count). The summed E-state index contributed by atoms with van der Waals surface area (Å²) >= 11 is 1.45. The van der Waals surface area contributed by atoms with Crippen LogP contribution in [-0.2, 0) is 16.1 Å². The average Bonchev–Trinajstić information content (AvgIpc) is 3.16. The summed E-state index contributed by atoms with van der Waals surface area (Å²) < 4.78 is 31.5. The number of halogens is 2. The number of esters is 1. The highest BCUT2D eigenvalue weighted by Gasteiger charge is 2.13. The van der Waals surface area contributed by atoms with Gasteiger partial charge in [0.1, 0.15) is 23.2 Å². The number of hydrogen-bond acceptors (Lipinski definition) is 5. The third-order valence-corrected chi connectivity index (χ3v) is 4.68. The first kappa shape index (κ1) is 19.6. The van der Waals surface area contributed by atoms with Crippen LogP contribution in [0.3, 0.4) is 0 Å². The number of aromatic nitrogens is 1. The molecule has 0 aliphatic rings. The van der Waals surface area contributed by atoms with Gasteiger partial charge in [0.15, 0.2) is 0 Å². The van der Waals surface area contributed by atoms with Crippen LogP contribution in [-0.4, -0.2) is 23.4 Å². The zero-order chi connectivity index (χ0) is 19.9. The Balaban J connectivity index is 1.42. The van der Waals surface area contributed by atoms with Crippen molar-refractivity contribution in [2.24, 2.45) is 0 Å². The maximum atomic E-state index is 13.5. The van der Waals surface area contributed by atoms with E-state index in [0.29, 0.717) is 11.8 Å². The van der Waals surface area contributed by atoms with Gasteiger partial charge in [-0.3, -0.25) is 9.59 Å². The van der Waals surface area contributed by atoms with Crippen LogP contribution in [0.4, 0.5) is 8.78 Å². The normalized spacial score (nSPS) is 10.5. The summed E-state index contributed by atoms with van der Waals surface area (Å²) in [7, 11) is 0. The summed E-state index contributed by atoms with van der Waals surface area (Å²) in [5, 5.41) is 5.05. The van der Waals surface area contributed by atoms with Crippen LogP contribution in [0.15, 0.2) is 53.9 Å². The Hall–Kier alpha value is -3.13. The van der Waals surface area contributed by atoms with Gasteiger partial charge in [-0.2, -0.15) is 0 Å². The van der Waals surface area contributed by atoms with E-state index in [1.54, 1.807) is 0 Å². The molecule has 144 valence electrons. The topological polar surface area (TPSA) is 68.3 Å². The minimum atomic E-state index is -0.960. The molecule has 3 aromatic rings. The first-order valence-electron chi connectivity index (χ1n) is 8.41. The molecular formula is C20H16F2N2O3S. The summed E-state index contributed by atoms with van der Waals surface area (Å²) in [6.07, 6.45) is -0.0791. The van der Waals surface area contributed by atoms with Crippen molar-refractivity contribution >= 4 is 23.2 Å². The lowest BCUT2D eigenvalue weighted by Gasteiger charge is -2.06. The lowest BCUT2D eigenvalue weighted by Crippen LogP contribution is -2.27. The van der Waals surface area contributed by atoms with E-state index >= 15 is 0 Å². The Morgan fingerprint density at radius 2 is 1.89 bits per heavy atom. The highest BCUT2D eigenvalue weighted by Crippen LogP contribution is 2.23. The highest BCUT2D eigenvalue weighted by molar-refractivity contribution is 7.13. The van der Waals surface area contributed by atoms with Gasteiger partial charge < -0.3 is 10.1 Å². The minimum Gasteiger partial charge on any atom is -0.459 e. The Kier molecular flexibility index (Phi) is 6.44. The fourth-order valence-electron chi connectivity index (χ4n) is 2.36. The van der Waals surface area contributed by atoms with Crippen molar-refractivity contribution in [1.82, 2.24) is 10.3 Å². The number of rotatable bonds is 7. The van der Waals surface area contributed by atoms with Crippen LogP contribution in [0, 0.1) is 11.6 Å². The Morgan fingerprint density at radius 1 is 1.11 bits per heavy atom. The van der Waals surface area contributed by atoms with E-state index in [-0.39, 0.29) is 25.1 Å². The van der Waals surface area contributed by atoms with Gasteiger partial charge in [-0.05, 0) is 12.1 Å². The van der Waals surface area contributed by atoms with E-state index in [4.69, 9.17) is 4.74 Å². The van der Waals surface area contributed by atoms with E-state index < -0.39 is 23.5 Å². The van der Waals surface area contributed by atoms with Crippen molar-refractivity contribution in [3.63, 3.8) is 0 Å². The predicted octanol–water partition coefficient (Wildman–Crippen LogP) is 3.95. The number of nitrogens with zero attached hydrogens (tertiary/aromatic N) is 1. The van der Waals surface area contributed by atoms with Crippen LogP contribution < -0.4 is 5.32 Å². The first-order chi connectivity index (χ1) is 13.5. The van der Waals surface area contributed by atoms with Gasteiger partial charge in [0.25, 0.3) is 5.91 Å². The minimum absolute atomic E-state index is 0.0270. The fourth-order valence-corrected chi connectivity index (χ4v) is 3.17. The quantitative estimate of drug-likeness (QED) is 0.608. The van der Waals surface area contributed by atoms with E-state index in [9.17, 15) is 18.4 Å². The number of carbonyl (C=O) groups is 2. The zero-order valence-electron chi connectivity index (χ0n) is 14.7. The summed E-state index contributed by atoms with van der Waals surface area (Å²) in [5.41, 5.74) is 1.33. The van der Waals surface area contributed by atoms with Gasteiger partial charge in [-0.25, -0.2) is 13.8 Å². The molecule has 1 amide bonds. The highest BCUT2D eigenvalue weighted by atomic mass is 32.1. The maximum absolute atomic E-state index is 13.5. The van der Waals surface area contributed by atoms with Gasteiger partial charge >= 0.3 is 5.97 Å². The van der Waals surface area contributed by atoms with Crippen molar-refractivity contribution in [1.29, 1.82) is 0 Å². The molecule has 5 nitrogen and oxygen atoms in total. The molecule has 1 N–H and O–H groups in total. The molecule has 0 spiro atoms. The SMILES string of the molecule is O=C(CCNC(=O)c1ccc(F)cc1F)OCc1csc(-c2ccccc2)n1. The Bertz CT molecular complexity index is 977. The second kappa shape index (κ2) is 9.18. The van der Waals surface area contributed by atoms with E-state index in [1.165, 1.54) is 11.3 Å². The molecule has 0 saturated carbocycles. The van der Waals surface area contributed by atoms with Gasteiger partial charge in [0, 0.05) is 23.6 Å².